The monoisotopic (exact) mass is 471 g/mol. The molecule has 0 aliphatic rings. The van der Waals surface area contributed by atoms with Gasteiger partial charge in [-0.2, -0.15) is 9.97 Å². The Morgan fingerprint density at radius 1 is 1.03 bits per heavy atom. The number of hydrogen-bond acceptors (Lipinski definition) is 6. The summed E-state index contributed by atoms with van der Waals surface area (Å²) >= 11 is 0. The topological polar surface area (TPSA) is 91.2 Å². The Balaban J connectivity index is 1.47. The molecular formula is C27H29N5O3. The Hall–Kier alpha value is -4.20. The third kappa shape index (κ3) is 6.03. The van der Waals surface area contributed by atoms with Gasteiger partial charge in [-0.25, -0.2) is 4.98 Å². The van der Waals surface area contributed by atoms with Crippen LogP contribution in [0.15, 0.2) is 73.3 Å². The van der Waals surface area contributed by atoms with Crippen LogP contribution in [-0.2, 0) is 24.9 Å². The molecule has 0 aliphatic carbocycles. The van der Waals surface area contributed by atoms with Crippen molar-refractivity contribution in [1.29, 1.82) is 0 Å². The molecule has 2 aromatic carbocycles. The second kappa shape index (κ2) is 9.97. The second-order valence-corrected chi connectivity index (χ2v) is 9.30. The molecule has 2 aromatic heterocycles. The summed E-state index contributed by atoms with van der Waals surface area (Å²) in [6.45, 7) is 10.4. The van der Waals surface area contributed by atoms with Gasteiger partial charge in [0.2, 0.25) is 17.7 Å². The van der Waals surface area contributed by atoms with Crippen molar-refractivity contribution in [2.75, 3.05) is 5.32 Å². The van der Waals surface area contributed by atoms with Gasteiger partial charge in [-0.1, -0.05) is 69.8 Å². The molecular weight excluding hydrogens is 442 g/mol. The van der Waals surface area contributed by atoms with E-state index >= 15 is 0 Å². The van der Waals surface area contributed by atoms with Crippen molar-refractivity contribution in [2.24, 2.45) is 12.5 Å². The minimum atomic E-state index is -0.212. The fourth-order valence-electron chi connectivity index (χ4n) is 3.19. The zero-order valence-corrected chi connectivity index (χ0v) is 20.4. The number of amides is 1. The minimum absolute atomic E-state index is 0.142. The standard InChI is InChI=1S/C27H29N5O3/c1-18(27(2,3)4)35-21-13-11-20(12-14-21)16-34-25-23-24(32(5)17-28-23)30-26(31-25)29-22(33)15-19-9-7-6-8-10-19/h6-14,17H,1,15-16H2,2-5H3,(H,29,30,31,33). The van der Waals surface area contributed by atoms with Gasteiger partial charge in [0.1, 0.15) is 18.1 Å². The quantitative estimate of drug-likeness (QED) is 0.361. The number of aryl methyl sites for hydroxylation is 1. The number of fused-ring (bicyclic) bond motifs is 1. The molecule has 8 nitrogen and oxygen atoms in total. The molecule has 0 saturated carbocycles. The normalized spacial score (nSPS) is 11.3. The smallest absolute Gasteiger partial charge is 0.247 e. The summed E-state index contributed by atoms with van der Waals surface area (Å²) in [5.41, 5.74) is 2.78. The first kappa shape index (κ1) is 23.9. The summed E-state index contributed by atoms with van der Waals surface area (Å²) in [5, 5.41) is 2.77. The first-order chi connectivity index (χ1) is 16.7. The van der Waals surface area contributed by atoms with Gasteiger partial charge >= 0.3 is 0 Å². The molecule has 35 heavy (non-hydrogen) atoms. The Labute approximate surface area is 204 Å². The SMILES string of the molecule is C=C(Oc1ccc(COc2nc(NC(=O)Cc3ccccc3)nc3c2ncn3C)cc1)C(C)(C)C. The number of allylic oxidation sites excluding steroid dienone is 1. The largest absolute Gasteiger partial charge is 0.471 e. The van der Waals surface area contributed by atoms with Crippen molar-refractivity contribution >= 4 is 23.0 Å². The van der Waals surface area contributed by atoms with Gasteiger partial charge in [0.25, 0.3) is 0 Å². The number of hydrogen-bond donors (Lipinski definition) is 1. The van der Waals surface area contributed by atoms with E-state index < -0.39 is 0 Å². The van der Waals surface area contributed by atoms with E-state index in [1.54, 1.807) is 10.9 Å². The van der Waals surface area contributed by atoms with Gasteiger partial charge in [0, 0.05) is 12.5 Å². The van der Waals surface area contributed by atoms with Crippen LogP contribution in [0.4, 0.5) is 5.95 Å². The van der Waals surface area contributed by atoms with Crippen LogP contribution in [-0.4, -0.2) is 25.4 Å². The molecule has 1 N–H and O–H groups in total. The highest BCUT2D eigenvalue weighted by molar-refractivity contribution is 5.91. The van der Waals surface area contributed by atoms with Crippen LogP contribution in [0, 0.1) is 5.41 Å². The van der Waals surface area contributed by atoms with Crippen LogP contribution >= 0.6 is 0 Å². The van der Waals surface area contributed by atoms with E-state index in [0.717, 1.165) is 11.1 Å². The molecule has 0 aliphatic heterocycles. The molecule has 0 bridgehead atoms. The van der Waals surface area contributed by atoms with Crippen molar-refractivity contribution in [3.8, 4) is 11.6 Å². The van der Waals surface area contributed by atoms with Crippen LogP contribution in [0.1, 0.15) is 31.9 Å². The predicted octanol–water partition coefficient (Wildman–Crippen LogP) is 5.06. The van der Waals surface area contributed by atoms with Crippen LogP contribution < -0.4 is 14.8 Å². The number of nitrogens with one attached hydrogen (secondary N) is 1. The van der Waals surface area contributed by atoms with Gasteiger partial charge in [-0.05, 0) is 23.3 Å². The van der Waals surface area contributed by atoms with Gasteiger partial charge in [-0.15, -0.1) is 0 Å². The number of rotatable bonds is 8. The summed E-state index contributed by atoms with van der Waals surface area (Å²) in [6.07, 6.45) is 1.86. The Morgan fingerprint density at radius 2 is 1.74 bits per heavy atom. The molecule has 8 heteroatoms. The number of anilines is 1. The van der Waals surface area contributed by atoms with E-state index in [2.05, 4.69) is 47.6 Å². The van der Waals surface area contributed by atoms with Crippen LogP contribution in [0.3, 0.4) is 0 Å². The van der Waals surface area contributed by atoms with Gasteiger partial charge in [0.05, 0.1) is 12.7 Å². The zero-order chi connectivity index (χ0) is 25.0. The molecule has 1 amide bonds. The molecule has 4 aromatic rings. The molecule has 180 valence electrons. The number of nitrogens with zero attached hydrogens (tertiary/aromatic N) is 4. The lowest BCUT2D eigenvalue weighted by Gasteiger charge is -2.21. The lowest BCUT2D eigenvalue weighted by atomic mass is 9.95. The number of ether oxygens (including phenoxy) is 2. The van der Waals surface area contributed by atoms with E-state index in [1.165, 1.54) is 0 Å². The molecule has 0 spiro atoms. The Kier molecular flexibility index (Phi) is 6.82. The number of aromatic nitrogens is 4. The average molecular weight is 472 g/mol. The maximum atomic E-state index is 12.5. The fourth-order valence-corrected chi connectivity index (χ4v) is 3.19. The average Bonchev–Trinajstić information content (AvgIpc) is 3.19. The third-order valence-corrected chi connectivity index (χ3v) is 5.36. The van der Waals surface area contributed by atoms with E-state index in [0.29, 0.717) is 28.6 Å². The highest BCUT2D eigenvalue weighted by atomic mass is 16.5. The van der Waals surface area contributed by atoms with Crippen LogP contribution in [0.25, 0.3) is 11.2 Å². The summed E-state index contributed by atoms with van der Waals surface area (Å²) in [7, 11) is 1.83. The lowest BCUT2D eigenvalue weighted by Crippen LogP contribution is -2.17. The number of carbonyl (C=O) groups is 1. The molecule has 2 heterocycles. The molecule has 4 rings (SSSR count). The fraction of sp³-hybridized carbons (Fsp3) is 0.259. The van der Waals surface area contributed by atoms with Crippen LogP contribution in [0.5, 0.6) is 11.6 Å². The van der Waals surface area contributed by atoms with Crippen molar-refractivity contribution in [2.45, 2.75) is 33.8 Å². The molecule has 0 fully saturated rings. The maximum Gasteiger partial charge on any atom is 0.247 e. The van der Waals surface area contributed by atoms with Crippen molar-refractivity contribution in [3.05, 3.63) is 84.4 Å². The summed E-state index contributed by atoms with van der Waals surface area (Å²) in [5.74, 6) is 1.66. The summed E-state index contributed by atoms with van der Waals surface area (Å²) < 4.78 is 13.6. The molecule has 0 atom stereocenters. The highest BCUT2D eigenvalue weighted by Crippen LogP contribution is 2.27. The van der Waals surface area contributed by atoms with Crippen LogP contribution in [0.2, 0.25) is 0 Å². The summed E-state index contributed by atoms with van der Waals surface area (Å²) in [4.78, 5) is 25.7. The van der Waals surface area contributed by atoms with Crippen molar-refractivity contribution in [1.82, 2.24) is 19.5 Å². The third-order valence-electron chi connectivity index (χ3n) is 5.36. The van der Waals surface area contributed by atoms with E-state index in [1.807, 2.05) is 61.6 Å². The Morgan fingerprint density at radius 3 is 2.43 bits per heavy atom. The summed E-state index contributed by atoms with van der Waals surface area (Å²) in [6, 6.07) is 17.1. The highest BCUT2D eigenvalue weighted by Gasteiger charge is 2.18. The van der Waals surface area contributed by atoms with Crippen molar-refractivity contribution in [3.63, 3.8) is 0 Å². The second-order valence-electron chi connectivity index (χ2n) is 9.30. The van der Waals surface area contributed by atoms with Gasteiger partial charge < -0.3 is 14.0 Å². The lowest BCUT2D eigenvalue weighted by molar-refractivity contribution is -0.115. The zero-order valence-electron chi connectivity index (χ0n) is 20.4. The van der Waals surface area contributed by atoms with E-state index in [-0.39, 0.29) is 30.3 Å². The van der Waals surface area contributed by atoms with Crippen molar-refractivity contribution < 1.29 is 14.3 Å². The molecule has 0 unspecified atom stereocenters. The first-order valence-electron chi connectivity index (χ1n) is 11.3. The maximum absolute atomic E-state index is 12.5. The first-order valence-corrected chi connectivity index (χ1v) is 11.3. The number of imidazole rings is 1. The Bertz CT molecular complexity index is 1340. The van der Waals surface area contributed by atoms with E-state index in [4.69, 9.17) is 9.47 Å². The predicted molar refractivity (Wildman–Crippen MR) is 135 cm³/mol. The number of carbonyl (C=O) groups excluding carboxylic acids is 1. The van der Waals surface area contributed by atoms with E-state index in [9.17, 15) is 4.79 Å². The molecule has 0 radical (unpaired) electrons. The van der Waals surface area contributed by atoms with Gasteiger partial charge in [-0.3, -0.25) is 10.1 Å². The number of benzene rings is 2. The molecule has 0 saturated heterocycles. The van der Waals surface area contributed by atoms with Gasteiger partial charge in [0.15, 0.2) is 11.2 Å². The minimum Gasteiger partial charge on any atom is -0.471 e.